The Balaban J connectivity index is 0.00000261. The van der Waals surface area contributed by atoms with Crippen molar-refractivity contribution in [3.63, 3.8) is 0 Å². The molecule has 7 heteroatoms. The Hall–Kier alpha value is -1.32. The van der Waals surface area contributed by atoms with Crippen LogP contribution in [0.25, 0.3) is 11.0 Å². The maximum atomic E-state index is 5.97. The molecule has 1 aromatic carbocycles. The number of hydrogen-bond donors (Lipinski definition) is 2. The zero-order valence-corrected chi connectivity index (χ0v) is 18.8. The van der Waals surface area contributed by atoms with Gasteiger partial charge >= 0.3 is 0 Å². The summed E-state index contributed by atoms with van der Waals surface area (Å²) in [6.07, 6.45) is 2.24. The van der Waals surface area contributed by atoms with Crippen molar-refractivity contribution in [2.24, 2.45) is 4.99 Å². The predicted octanol–water partition coefficient (Wildman–Crippen LogP) is 3.14. The highest BCUT2D eigenvalue weighted by Gasteiger charge is 2.20. The lowest BCUT2D eigenvalue weighted by Gasteiger charge is -2.32. The zero-order chi connectivity index (χ0) is 18.4. The lowest BCUT2D eigenvalue weighted by molar-refractivity contribution is 0.128. The first-order valence-corrected chi connectivity index (χ1v) is 9.36. The van der Waals surface area contributed by atoms with E-state index < -0.39 is 0 Å². The van der Waals surface area contributed by atoms with Gasteiger partial charge in [-0.1, -0.05) is 18.2 Å². The van der Waals surface area contributed by atoms with E-state index in [1.165, 1.54) is 10.9 Å². The molecule has 6 nitrogen and oxygen atoms in total. The van der Waals surface area contributed by atoms with E-state index in [0.29, 0.717) is 12.6 Å². The number of hydrogen-bond acceptors (Lipinski definition) is 4. The molecule has 2 heterocycles. The smallest absolute Gasteiger partial charge is 0.191 e. The standard InChI is InChI=1S/C20H30N4O2.HI/c1-15-17-6-4-5-7-18(17)26-19(15)14-22-20(21-2)23-16-8-10-24(11-9-16)12-13-25-3;/h4-7,16H,8-14H2,1-3H3,(H2,21,22,23);1H. The molecule has 0 atom stereocenters. The van der Waals surface area contributed by atoms with Crippen LogP contribution in [0.2, 0.25) is 0 Å². The lowest BCUT2D eigenvalue weighted by atomic mass is 10.1. The van der Waals surface area contributed by atoms with Gasteiger partial charge in [-0.2, -0.15) is 0 Å². The van der Waals surface area contributed by atoms with Crippen molar-refractivity contribution in [3.8, 4) is 0 Å². The fourth-order valence-electron chi connectivity index (χ4n) is 3.47. The van der Waals surface area contributed by atoms with E-state index >= 15 is 0 Å². The van der Waals surface area contributed by atoms with Gasteiger partial charge < -0.3 is 24.7 Å². The van der Waals surface area contributed by atoms with E-state index in [-0.39, 0.29) is 24.0 Å². The van der Waals surface area contributed by atoms with Crippen LogP contribution in [0.5, 0.6) is 0 Å². The van der Waals surface area contributed by atoms with E-state index in [4.69, 9.17) is 9.15 Å². The third-order valence-corrected chi connectivity index (χ3v) is 5.12. The van der Waals surface area contributed by atoms with Gasteiger partial charge in [-0.3, -0.25) is 4.99 Å². The molecule has 0 radical (unpaired) electrons. The third-order valence-electron chi connectivity index (χ3n) is 5.12. The maximum absolute atomic E-state index is 5.97. The highest BCUT2D eigenvalue weighted by atomic mass is 127. The van der Waals surface area contributed by atoms with Crippen molar-refractivity contribution >= 4 is 40.9 Å². The number of guanidine groups is 1. The molecular formula is C20H31IN4O2. The van der Waals surface area contributed by atoms with E-state index in [1.807, 2.05) is 25.2 Å². The fraction of sp³-hybridized carbons (Fsp3) is 0.550. The molecule has 0 amide bonds. The molecule has 0 saturated carbocycles. The Morgan fingerprint density at radius 1 is 1.30 bits per heavy atom. The van der Waals surface area contributed by atoms with Crippen LogP contribution in [0.4, 0.5) is 0 Å². The van der Waals surface area contributed by atoms with Gasteiger partial charge in [0.2, 0.25) is 0 Å². The molecule has 1 aromatic heterocycles. The number of rotatable bonds is 6. The SMILES string of the molecule is CN=C(NCc1oc2ccccc2c1C)NC1CCN(CCOC)CC1.I. The first kappa shape index (κ1) is 22.0. The minimum Gasteiger partial charge on any atom is -0.459 e. The summed E-state index contributed by atoms with van der Waals surface area (Å²) in [7, 11) is 3.57. The van der Waals surface area contributed by atoms with Gasteiger partial charge in [-0.25, -0.2) is 0 Å². The Labute approximate surface area is 178 Å². The van der Waals surface area contributed by atoms with Crippen molar-refractivity contribution < 1.29 is 9.15 Å². The first-order chi connectivity index (χ1) is 12.7. The van der Waals surface area contributed by atoms with Gasteiger partial charge in [-0.15, -0.1) is 24.0 Å². The number of ether oxygens (including phenoxy) is 1. The largest absolute Gasteiger partial charge is 0.459 e. The van der Waals surface area contributed by atoms with E-state index in [9.17, 15) is 0 Å². The van der Waals surface area contributed by atoms with Crippen LogP contribution < -0.4 is 10.6 Å². The Kier molecular flexibility index (Phi) is 8.85. The molecule has 0 bridgehead atoms. The molecule has 0 aliphatic carbocycles. The average molecular weight is 486 g/mol. The average Bonchev–Trinajstić information content (AvgIpc) is 3.00. The third kappa shape index (κ3) is 5.83. The highest BCUT2D eigenvalue weighted by molar-refractivity contribution is 14.0. The second-order valence-corrected chi connectivity index (χ2v) is 6.83. The minimum absolute atomic E-state index is 0. The number of halogens is 1. The van der Waals surface area contributed by atoms with E-state index in [0.717, 1.165) is 56.4 Å². The van der Waals surface area contributed by atoms with Gasteiger partial charge in [0.05, 0.1) is 13.2 Å². The van der Waals surface area contributed by atoms with Crippen LogP contribution >= 0.6 is 24.0 Å². The van der Waals surface area contributed by atoms with Gasteiger partial charge in [0.1, 0.15) is 11.3 Å². The highest BCUT2D eigenvalue weighted by Crippen LogP contribution is 2.24. The fourth-order valence-corrected chi connectivity index (χ4v) is 3.47. The predicted molar refractivity (Wildman–Crippen MR) is 121 cm³/mol. The number of aliphatic imine (C=N–C) groups is 1. The zero-order valence-electron chi connectivity index (χ0n) is 16.5. The topological polar surface area (TPSA) is 62.0 Å². The van der Waals surface area contributed by atoms with Gasteiger partial charge in [0.15, 0.2) is 5.96 Å². The molecule has 1 aliphatic heterocycles. The number of likely N-dealkylation sites (tertiary alicyclic amines) is 1. The molecular weight excluding hydrogens is 455 g/mol. The number of aryl methyl sites for hydroxylation is 1. The normalized spacial score (nSPS) is 16.3. The van der Waals surface area contributed by atoms with Gasteiger partial charge in [0.25, 0.3) is 0 Å². The monoisotopic (exact) mass is 486 g/mol. The van der Waals surface area contributed by atoms with Gasteiger partial charge in [-0.05, 0) is 25.8 Å². The number of furan rings is 1. The van der Waals surface area contributed by atoms with E-state index in [2.05, 4.69) is 33.5 Å². The lowest BCUT2D eigenvalue weighted by Crippen LogP contribution is -2.48. The Bertz CT molecular complexity index is 739. The summed E-state index contributed by atoms with van der Waals surface area (Å²) in [4.78, 5) is 6.82. The summed E-state index contributed by atoms with van der Waals surface area (Å²) in [6.45, 7) is 6.75. The summed E-state index contributed by atoms with van der Waals surface area (Å²) in [5, 5.41) is 8.11. The molecule has 0 unspecified atom stereocenters. The molecule has 1 fully saturated rings. The summed E-state index contributed by atoms with van der Waals surface area (Å²) in [5.74, 6) is 1.80. The van der Waals surface area contributed by atoms with Gasteiger partial charge in [0, 0.05) is 50.8 Å². The summed E-state index contributed by atoms with van der Waals surface area (Å²) < 4.78 is 11.1. The van der Waals surface area contributed by atoms with Crippen LogP contribution in [0, 0.1) is 6.92 Å². The van der Waals surface area contributed by atoms with Crippen LogP contribution in [-0.4, -0.2) is 57.3 Å². The second kappa shape index (κ2) is 10.9. The van der Waals surface area contributed by atoms with Crippen LogP contribution in [0.3, 0.4) is 0 Å². The van der Waals surface area contributed by atoms with Crippen molar-refractivity contribution in [1.29, 1.82) is 0 Å². The number of nitrogens with one attached hydrogen (secondary N) is 2. The van der Waals surface area contributed by atoms with Crippen molar-refractivity contribution in [1.82, 2.24) is 15.5 Å². The number of methoxy groups -OCH3 is 1. The maximum Gasteiger partial charge on any atom is 0.191 e. The Morgan fingerprint density at radius 3 is 2.70 bits per heavy atom. The molecule has 1 saturated heterocycles. The number of benzene rings is 1. The molecule has 2 N–H and O–H groups in total. The molecule has 2 aromatic rings. The van der Waals surface area contributed by atoms with Crippen molar-refractivity contribution in [3.05, 3.63) is 35.6 Å². The quantitative estimate of drug-likeness (QED) is 0.373. The molecule has 1 aliphatic rings. The molecule has 3 rings (SSSR count). The van der Waals surface area contributed by atoms with E-state index in [1.54, 1.807) is 7.11 Å². The minimum atomic E-state index is 0. The molecule has 150 valence electrons. The number of para-hydroxylation sites is 1. The number of nitrogens with zero attached hydrogens (tertiary/aromatic N) is 2. The van der Waals surface area contributed by atoms with Crippen molar-refractivity contribution in [2.75, 3.05) is 40.4 Å². The van der Waals surface area contributed by atoms with Crippen LogP contribution in [0.15, 0.2) is 33.7 Å². The summed E-state index contributed by atoms with van der Waals surface area (Å²) in [6, 6.07) is 8.61. The number of piperidine rings is 1. The second-order valence-electron chi connectivity index (χ2n) is 6.83. The summed E-state index contributed by atoms with van der Waals surface area (Å²) in [5.41, 5.74) is 2.13. The summed E-state index contributed by atoms with van der Waals surface area (Å²) >= 11 is 0. The Morgan fingerprint density at radius 2 is 2.04 bits per heavy atom. The number of fused-ring (bicyclic) bond motifs is 1. The van der Waals surface area contributed by atoms with Crippen LogP contribution in [-0.2, 0) is 11.3 Å². The first-order valence-electron chi connectivity index (χ1n) is 9.36. The van der Waals surface area contributed by atoms with Crippen LogP contribution in [0.1, 0.15) is 24.2 Å². The molecule has 0 spiro atoms. The molecule has 27 heavy (non-hydrogen) atoms. The van der Waals surface area contributed by atoms with Crippen molar-refractivity contribution in [2.45, 2.75) is 32.4 Å².